The second-order valence-electron chi connectivity index (χ2n) is 8.29. The van der Waals surface area contributed by atoms with E-state index in [0.29, 0.717) is 28.6 Å². The molecule has 0 aliphatic rings. The fourth-order valence-corrected chi connectivity index (χ4v) is 3.50. The summed E-state index contributed by atoms with van der Waals surface area (Å²) in [5.41, 5.74) is 2.78. The number of aromatic nitrogens is 3. The van der Waals surface area contributed by atoms with Crippen molar-refractivity contribution in [2.24, 2.45) is 0 Å². The molecule has 0 radical (unpaired) electrons. The van der Waals surface area contributed by atoms with E-state index in [1.807, 2.05) is 81.4 Å². The van der Waals surface area contributed by atoms with Gasteiger partial charge in [0.25, 0.3) is 0 Å². The number of methoxy groups -OCH3 is 2. The summed E-state index contributed by atoms with van der Waals surface area (Å²) in [6.07, 6.45) is -0.476. The van der Waals surface area contributed by atoms with Gasteiger partial charge >= 0.3 is 6.09 Å². The van der Waals surface area contributed by atoms with E-state index < -0.39 is 11.7 Å². The zero-order chi connectivity index (χ0) is 22.9. The van der Waals surface area contributed by atoms with Crippen molar-refractivity contribution in [2.45, 2.75) is 26.4 Å². The Bertz CT molecular complexity index is 1290. The first-order chi connectivity index (χ1) is 15.3. The van der Waals surface area contributed by atoms with Crippen LogP contribution in [0.25, 0.3) is 33.4 Å². The maximum atomic E-state index is 13.2. The van der Waals surface area contributed by atoms with Crippen LogP contribution >= 0.6 is 0 Å². The first-order valence-electron chi connectivity index (χ1n) is 10.2. The molecule has 32 heavy (non-hydrogen) atoms. The van der Waals surface area contributed by atoms with Gasteiger partial charge in [0, 0.05) is 10.9 Å². The van der Waals surface area contributed by atoms with Crippen molar-refractivity contribution in [3.8, 4) is 34.1 Å². The highest BCUT2D eigenvalue weighted by molar-refractivity contribution is 5.97. The Morgan fingerprint density at radius 3 is 2.41 bits per heavy atom. The van der Waals surface area contributed by atoms with Crippen LogP contribution in [0.15, 0.2) is 60.7 Å². The molecule has 0 aliphatic carbocycles. The minimum absolute atomic E-state index is 0.310. The normalized spacial score (nSPS) is 11.4. The van der Waals surface area contributed by atoms with Gasteiger partial charge in [0.2, 0.25) is 5.88 Å². The highest BCUT2D eigenvalue weighted by atomic mass is 16.6. The fraction of sp³-hybridized carbons (Fsp3) is 0.240. The highest BCUT2D eigenvalue weighted by Crippen LogP contribution is 2.36. The predicted octanol–water partition coefficient (Wildman–Crippen LogP) is 5.57. The van der Waals surface area contributed by atoms with Crippen molar-refractivity contribution >= 4 is 17.0 Å². The van der Waals surface area contributed by atoms with E-state index in [9.17, 15) is 4.79 Å². The highest BCUT2D eigenvalue weighted by Gasteiger charge is 2.25. The molecule has 0 saturated heterocycles. The number of ether oxygens (including phenoxy) is 3. The number of nitrogens with zero attached hydrogens (tertiary/aromatic N) is 3. The van der Waals surface area contributed by atoms with E-state index in [0.717, 1.165) is 16.5 Å². The molecular formula is C25H25N3O4. The monoisotopic (exact) mass is 431 g/mol. The van der Waals surface area contributed by atoms with Crippen molar-refractivity contribution in [1.82, 2.24) is 14.8 Å². The third-order valence-electron chi connectivity index (χ3n) is 4.88. The van der Waals surface area contributed by atoms with Gasteiger partial charge in [-0.25, -0.2) is 9.36 Å². The Hall–Kier alpha value is -3.87. The Morgan fingerprint density at radius 2 is 1.69 bits per heavy atom. The zero-order valence-electron chi connectivity index (χ0n) is 18.7. The second-order valence-corrected chi connectivity index (χ2v) is 8.29. The summed E-state index contributed by atoms with van der Waals surface area (Å²) in [5, 5.41) is 9.48. The predicted molar refractivity (Wildman–Crippen MR) is 123 cm³/mol. The number of hydrogen-bond donors (Lipinski definition) is 0. The van der Waals surface area contributed by atoms with Gasteiger partial charge in [-0.05, 0) is 51.1 Å². The summed E-state index contributed by atoms with van der Waals surface area (Å²) in [4.78, 5) is 13.2. The topological polar surface area (TPSA) is 75.5 Å². The molecule has 0 saturated carbocycles. The third kappa shape index (κ3) is 4.14. The van der Waals surface area contributed by atoms with Crippen LogP contribution in [0.2, 0.25) is 0 Å². The van der Waals surface area contributed by atoms with Crippen molar-refractivity contribution < 1.29 is 19.0 Å². The van der Waals surface area contributed by atoms with Crippen molar-refractivity contribution in [3.63, 3.8) is 0 Å². The van der Waals surface area contributed by atoms with Gasteiger partial charge in [-0.3, -0.25) is 0 Å². The fourth-order valence-electron chi connectivity index (χ4n) is 3.50. The molecule has 0 fully saturated rings. The lowest BCUT2D eigenvalue weighted by Crippen LogP contribution is -2.27. The molecule has 0 bridgehead atoms. The average molecular weight is 431 g/mol. The van der Waals surface area contributed by atoms with E-state index in [1.165, 1.54) is 7.11 Å². The van der Waals surface area contributed by atoms with Gasteiger partial charge in [0.05, 0.1) is 36.7 Å². The molecule has 2 aromatic carbocycles. The standard InChI is InChI=1S/C25H25N3O4/c1-25(2,3)32-24(29)28-21-12-7-6-9-17(21)14-22(28)19-15-20(26-27-23(19)31-5)16-10-8-11-18(13-16)30-4/h6-15H,1-5H3. The molecule has 7 nitrogen and oxygen atoms in total. The van der Waals surface area contributed by atoms with Gasteiger partial charge in [-0.2, -0.15) is 0 Å². The molecule has 4 rings (SSSR count). The van der Waals surface area contributed by atoms with Gasteiger partial charge < -0.3 is 14.2 Å². The molecule has 0 atom stereocenters. The largest absolute Gasteiger partial charge is 0.497 e. The van der Waals surface area contributed by atoms with Crippen LogP contribution in [-0.4, -0.2) is 40.7 Å². The van der Waals surface area contributed by atoms with Crippen LogP contribution in [0.1, 0.15) is 20.8 Å². The Balaban J connectivity index is 1.93. The number of fused-ring (bicyclic) bond motifs is 1. The number of hydrogen-bond acceptors (Lipinski definition) is 6. The van der Waals surface area contributed by atoms with E-state index in [-0.39, 0.29) is 0 Å². The smallest absolute Gasteiger partial charge is 0.419 e. The number of carbonyl (C=O) groups is 1. The summed E-state index contributed by atoms with van der Waals surface area (Å²) in [7, 11) is 3.14. The lowest BCUT2D eigenvalue weighted by atomic mass is 10.1. The molecular weight excluding hydrogens is 406 g/mol. The van der Waals surface area contributed by atoms with Crippen molar-refractivity contribution in [1.29, 1.82) is 0 Å². The van der Waals surface area contributed by atoms with Crippen molar-refractivity contribution in [3.05, 3.63) is 60.7 Å². The van der Waals surface area contributed by atoms with Crippen LogP contribution in [0.4, 0.5) is 4.79 Å². The Labute approximate surface area is 186 Å². The van der Waals surface area contributed by atoms with Crippen LogP contribution in [0.5, 0.6) is 11.6 Å². The molecule has 0 unspecified atom stereocenters. The molecule has 0 aliphatic heterocycles. The number of rotatable bonds is 4. The quantitative estimate of drug-likeness (QED) is 0.421. The summed E-state index contributed by atoms with van der Waals surface area (Å²) in [6.45, 7) is 5.52. The molecule has 164 valence electrons. The molecule has 7 heteroatoms. The number of carbonyl (C=O) groups excluding carboxylic acids is 1. The van der Waals surface area contributed by atoms with Gasteiger partial charge in [-0.15, -0.1) is 10.2 Å². The number of para-hydroxylation sites is 1. The summed E-state index contributed by atoms with van der Waals surface area (Å²) in [5.74, 6) is 1.02. The molecule has 0 amide bonds. The lowest BCUT2D eigenvalue weighted by Gasteiger charge is -2.21. The first-order valence-corrected chi connectivity index (χ1v) is 10.2. The SMILES string of the molecule is COc1cccc(-c2cc(-c3cc4ccccc4n3C(=O)OC(C)(C)C)c(OC)nn2)c1. The van der Waals surface area contributed by atoms with Crippen LogP contribution in [0.3, 0.4) is 0 Å². The maximum absolute atomic E-state index is 13.2. The third-order valence-corrected chi connectivity index (χ3v) is 4.88. The van der Waals surface area contributed by atoms with Gasteiger partial charge in [-0.1, -0.05) is 30.3 Å². The van der Waals surface area contributed by atoms with Gasteiger partial charge in [0.15, 0.2) is 0 Å². The average Bonchev–Trinajstić information content (AvgIpc) is 3.17. The van der Waals surface area contributed by atoms with Crippen molar-refractivity contribution in [2.75, 3.05) is 14.2 Å². The minimum atomic E-state index is -0.647. The maximum Gasteiger partial charge on any atom is 0.419 e. The van der Waals surface area contributed by atoms with E-state index in [4.69, 9.17) is 14.2 Å². The van der Waals surface area contributed by atoms with E-state index >= 15 is 0 Å². The second kappa shape index (κ2) is 8.34. The minimum Gasteiger partial charge on any atom is -0.497 e. The molecule has 4 aromatic rings. The van der Waals surface area contributed by atoms with E-state index in [2.05, 4.69) is 10.2 Å². The molecule has 0 N–H and O–H groups in total. The van der Waals surface area contributed by atoms with Crippen LogP contribution in [-0.2, 0) is 4.74 Å². The summed E-state index contributed by atoms with van der Waals surface area (Å²) >= 11 is 0. The van der Waals surface area contributed by atoms with E-state index in [1.54, 1.807) is 11.7 Å². The molecule has 0 spiro atoms. The first kappa shape index (κ1) is 21.4. The number of benzene rings is 2. The summed E-state index contributed by atoms with van der Waals surface area (Å²) in [6, 6.07) is 19.0. The zero-order valence-corrected chi connectivity index (χ0v) is 18.7. The Morgan fingerprint density at radius 1 is 0.906 bits per heavy atom. The summed E-state index contributed by atoms with van der Waals surface area (Å²) < 4.78 is 18.1. The Kier molecular flexibility index (Phi) is 5.57. The van der Waals surface area contributed by atoms with Crippen LogP contribution < -0.4 is 9.47 Å². The molecule has 2 heterocycles. The van der Waals surface area contributed by atoms with Crippen LogP contribution in [0, 0.1) is 0 Å². The lowest BCUT2D eigenvalue weighted by molar-refractivity contribution is 0.0547. The molecule has 2 aromatic heterocycles. The van der Waals surface area contributed by atoms with Gasteiger partial charge in [0.1, 0.15) is 11.4 Å².